The molecule has 0 spiro atoms. The number of halogens is 2. The third-order valence-electron chi connectivity index (χ3n) is 3.39. The topological polar surface area (TPSA) is 12.0 Å². The predicted molar refractivity (Wildman–Crippen MR) is 61.8 cm³/mol. The fraction of sp³-hybridized carbons (Fsp3) is 0.500. The van der Waals surface area contributed by atoms with Crippen LogP contribution < -0.4 is 5.32 Å². The van der Waals surface area contributed by atoms with E-state index in [1.54, 1.807) is 6.07 Å². The summed E-state index contributed by atoms with van der Waals surface area (Å²) in [6, 6.07) is 5.22. The highest BCUT2D eigenvalue weighted by atomic mass is 35.5. The molecule has 1 aliphatic carbocycles. The van der Waals surface area contributed by atoms with E-state index in [9.17, 15) is 4.39 Å². The summed E-state index contributed by atoms with van der Waals surface area (Å²) in [5, 5.41) is 3.49. The number of hydrogen-bond acceptors (Lipinski definition) is 1. The van der Waals surface area contributed by atoms with Crippen molar-refractivity contribution >= 4 is 17.3 Å². The molecule has 1 aliphatic rings. The molecule has 3 heteroatoms. The van der Waals surface area contributed by atoms with Crippen LogP contribution in [0.4, 0.5) is 10.1 Å². The number of nitrogens with one attached hydrogen (secondary N) is 1. The van der Waals surface area contributed by atoms with Crippen molar-refractivity contribution < 1.29 is 4.39 Å². The van der Waals surface area contributed by atoms with Gasteiger partial charge in [0.25, 0.3) is 0 Å². The number of anilines is 1. The maximum atomic E-state index is 13.2. The summed E-state index contributed by atoms with van der Waals surface area (Å²) >= 11 is 5.62. The molecule has 1 N–H and O–H groups in total. The van der Waals surface area contributed by atoms with Crippen molar-refractivity contribution in [3.8, 4) is 0 Å². The van der Waals surface area contributed by atoms with Gasteiger partial charge < -0.3 is 5.32 Å². The second-order valence-electron chi connectivity index (χ2n) is 4.65. The van der Waals surface area contributed by atoms with Crippen LogP contribution in [0.25, 0.3) is 0 Å². The summed E-state index contributed by atoms with van der Waals surface area (Å²) in [6.45, 7) is 4.39. The average Bonchev–Trinajstić information content (AvgIpc) is 2.92. The van der Waals surface area contributed by atoms with E-state index in [4.69, 9.17) is 11.6 Å². The third kappa shape index (κ3) is 2.25. The molecule has 0 saturated heterocycles. The molecule has 15 heavy (non-hydrogen) atoms. The van der Waals surface area contributed by atoms with Crippen molar-refractivity contribution in [1.82, 2.24) is 0 Å². The molecule has 0 heterocycles. The second-order valence-corrected chi connectivity index (χ2v) is 5.06. The molecule has 1 atom stereocenters. The van der Waals surface area contributed by atoms with E-state index in [2.05, 4.69) is 19.2 Å². The van der Waals surface area contributed by atoms with Gasteiger partial charge >= 0.3 is 0 Å². The zero-order valence-corrected chi connectivity index (χ0v) is 9.74. The fourth-order valence-corrected chi connectivity index (χ4v) is 1.76. The highest BCUT2D eigenvalue weighted by Crippen LogP contribution is 2.48. The van der Waals surface area contributed by atoms with Crippen LogP contribution in [0.3, 0.4) is 0 Å². The standard InChI is InChI=1S/C12H15ClFN/c1-8(12(2)5-6-12)15-9-3-4-10(13)11(14)7-9/h3-4,7-8,15H,5-6H2,1-2H3. The van der Waals surface area contributed by atoms with Crippen molar-refractivity contribution in [1.29, 1.82) is 0 Å². The summed E-state index contributed by atoms with van der Waals surface area (Å²) < 4.78 is 13.2. The van der Waals surface area contributed by atoms with Crippen LogP contribution in [-0.4, -0.2) is 6.04 Å². The van der Waals surface area contributed by atoms with Crippen LogP contribution in [-0.2, 0) is 0 Å². The van der Waals surface area contributed by atoms with Gasteiger partial charge in [-0.3, -0.25) is 0 Å². The lowest BCUT2D eigenvalue weighted by molar-refractivity contribution is 0.493. The van der Waals surface area contributed by atoms with Gasteiger partial charge in [-0.2, -0.15) is 0 Å². The molecule has 1 saturated carbocycles. The number of rotatable bonds is 3. The predicted octanol–water partition coefficient (Wildman–Crippen LogP) is 4.08. The lowest BCUT2D eigenvalue weighted by atomic mass is 10.0. The van der Waals surface area contributed by atoms with Crippen molar-refractivity contribution in [3.05, 3.63) is 29.0 Å². The molecule has 1 aromatic rings. The normalized spacial score (nSPS) is 19.7. The van der Waals surface area contributed by atoms with Crippen LogP contribution >= 0.6 is 11.6 Å². The Kier molecular flexibility index (Phi) is 2.63. The first-order valence-corrected chi connectivity index (χ1v) is 5.61. The molecule has 0 radical (unpaired) electrons. The number of hydrogen-bond donors (Lipinski definition) is 1. The van der Waals surface area contributed by atoms with Crippen molar-refractivity contribution in [3.63, 3.8) is 0 Å². The molecule has 1 fully saturated rings. The number of benzene rings is 1. The zero-order chi connectivity index (χ0) is 11.1. The van der Waals surface area contributed by atoms with E-state index in [1.165, 1.54) is 18.9 Å². The average molecular weight is 228 g/mol. The Morgan fingerprint density at radius 1 is 1.47 bits per heavy atom. The second kappa shape index (κ2) is 3.67. The fourth-order valence-electron chi connectivity index (χ4n) is 1.64. The Balaban J connectivity index is 2.07. The summed E-state index contributed by atoms with van der Waals surface area (Å²) in [4.78, 5) is 0. The van der Waals surface area contributed by atoms with E-state index >= 15 is 0 Å². The van der Waals surface area contributed by atoms with E-state index in [0.717, 1.165) is 5.69 Å². The van der Waals surface area contributed by atoms with E-state index in [1.807, 2.05) is 6.07 Å². The largest absolute Gasteiger partial charge is 0.382 e. The molecule has 82 valence electrons. The van der Waals surface area contributed by atoms with E-state index < -0.39 is 0 Å². The SMILES string of the molecule is CC(Nc1ccc(Cl)c(F)c1)C1(C)CC1. The molecular formula is C12H15ClFN. The Morgan fingerprint density at radius 3 is 2.67 bits per heavy atom. The van der Waals surface area contributed by atoms with Crippen LogP contribution in [0.15, 0.2) is 18.2 Å². The quantitative estimate of drug-likeness (QED) is 0.821. The first kappa shape index (κ1) is 10.7. The Labute approximate surface area is 94.6 Å². The molecule has 1 unspecified atom stereocenters. The minimum Gasteiger partial charge on any atom is -0.382 e. The van der Waals surface area contributed by atoms with Gasteiger partial charge in [0.1, 0.15) is 5.82 Å². The van der Waals surface area contributed by atoms with Gasteiger partial charge in [0.05, 0.1) is 5.02 Å². The zero-order valence-electron chi connectivity index (χ0n) is 8.98. The van der Waals surface area contributed by atoms with Crippen LogP contribution in [0.1, 0.15) is 26.7 Å². The minimum atomic E-state index is -0.366. The lowest BCUT2D eigenvalue weighted by Crippen LogP contribution is -2.24. The third-order valence-corrected chi connectivity index (χ3v) is 3.69. The van der Waals surface area contributed by atoms with Gasteiger partial charge in [-0.05, 0) is 43.4 Å². The molecule has 0 aromatic heterocycles. The van der Waals surface area contributed by atoms with Gasteiger partial charge in [0.2, 0.25) is 0 Å². The molecule has 0 amide bonds. The smallest absolute Gasteiger partial charge is 0.143 e. The molecule has 0 aliphatic heterocycles. The maximum Gasteiger partial charge on any atom is 0.143 e. The highest BCUT2D eigenvalue weighted by Gasteiger charge is 2.42. The summed E-state index contributed by atoms with van der Waals surface area (Å²) in [5.74, 6) is -0.366. The van der Waals surface area contributed by atoms with Crippen LogP contribution in [0.5, 0.6) is 0 Å². The Morgan fingerprint density at radius 2 is 2.13 bits per heavy atom. The monoisotopic (exact) mass is 227 g/mol. The first-order valence-electron chi connectivity index (χ1n) is 5.23. The van der Waals surface area contributed by atoms with E-state index in [-0.39, 0.29) is 10.8 Å². The van der Waals surface area contributed by atoms with Gasteiger partial charge in [-0.15, -0.1) is 0 Å². The van der Waals surface area contributed by atoms with Gasteiger partial charge in [0.15, 0.2) is 0 Å². The summed E-state index contributed by atoms with van der Waals surface area (Å²) in [6.07, 6.45) is 2.49. The van der Waals surface area contributed by atoms with Gasteiger partial charge in [-0.25, -0.2) is 4.39 Å². The molecule has 0 bridgehead atoms. The lowest BCUT2D eigenvalue weighted by Gasteiger charge is -2.21. The molecule has 1 nitrogen and oxygen atoms in total. The highest BCUT2D eigenvalue weighted by molar-refractivity contribution is 6.30. The summed E-state index contributed by atoms with van der Waals surface area (Å²) in [5.41, 5.74) is 1.19. The van der Waals surface area contributed by atoms with Crippen molar-refractivity contribution in [2.45, 2.75) is 32.7 Å². The Bertz CT molecular complexity index is 374. The van der Waals surface area contributed by atoms with Crippen molar-refractivity contribution in [2.75, 3.05) is 5.32 Å². The molecule has 1 aromatic carbocycles. The summed E-state index contributed by atoms with van der Waals surface area (Å²) in [7, 11) is 0. The van der Waals surface area contributed by atoms with Crippen LogP contribution in [0, 0.1) is 11.2 Å². The first-order chi connectivity index (χ1) is 7.01. The van der Waals surface area contributed by atoms with Crippen molar-refractivity contribution in [2.24, 2.45) is 5.41 Å². The van der Waals surface area contributed by atoms with Crippen LogP contribution in [0.2, 0.25) is 5.02 Å². The Hall–Kier alpha value is -0.760. The molecular weight excluding hydrogens is 213 g/mol. The van der Waals surface area contributed by atoms with Gasteiger partial charge in [-0.1, -0.05) is 18.5 Å². The minimum absolute atomic E-state index is 0.172. The van der Waals surface area contributed by atoms with E-state index in [0.29, 0.717) is 11.5 Å². The molecule has 2 rings (SSSR count). The maximum absolute atomic E-state index is 13.2. The van der Waals surface area contributed by atoms with Gasteiger partial charge in [0, 0.05) is 11.7 Å².